The molecule has 0 fully saturated rings. The molecule has 1 aliphatic heterocycles. The van der Waals surface area contributed by atoms with Crippen molar-refractivity contribution in [3.63, 3.8) is 0 Å². The highest BCUT2D eigenvalue weighted by molar-refractivity contribution is 5.76. The maximum absolute atomic E-state index is 15.1. The third-order valence-electron chi connectivity index (χ3n) is 7.29. The molecule has 0 amide bonds. The lowest BCUT2D eigenvalue weighted by Crippen LogP contribution is -2.11. The van der Waals surface area contributed by atoms with E-state index < -0.39 is 46.9 Å². The molecule has 0 radical (unpaired) electrons. The third kappa shape index (κ3) is 4.87. The average Bonchev–Trinajstić information content (AvgIpc) is 3.61. The Balaban J connectivity index is 1.36. The number of carboxylic acid groups (broad SMARTS) is 1. The highest BCUT2D eigenvalue weighted by Crippen LogP contribution is 2.47. The van der Waals surface area contributed by atoms with E-state index in [-0.39, 0.29) is 47.9 Å². The molecule has 3 aromatic carbocycles. The Morgan fingerprint density at radius 1 is 1.05 bits per heavy atom. The first-order chi connectivity index (χ1) is 19.5. The number of aliphatic carboxylic acids is 1. The van der Waals surface area contributed by atoms with Gasteiger partial charge in [0.05, 0.1) is 18.6 Å². The second-order valence-electron chi connectivity index (χ2n) is 9.95. The summed E-state index contributed by atoms with van der Waals surface area (Å²) in [7, 11) is 0. The number of fused-ring (bicyclic) bond motifs is 2. The van der Waals surface area contributed by atoms with E-state index in [9.17, 15) is 18.0 Å². The summed E-state index contributed by atoms with van der Waals surface area (Å²) in [6.07, 6.45) is -4.99. The van der Waals surface area contributed by atoms with Crippen LogP contribution >= 0.6 is 0 Å². The van der Waals surface area contributed by atoms with Gasteiger partial charge in [-0.1, -0.05) is 12.1 Å². The zero-order chi connectivity index (χ0) is 29.1. The van der Waals surface area contributed by atoms with Crippen molar-refractivity contribution in [1.82, 2.24) is 10.2 Å². The summed E-state index contributed by atoms with van der Waals surface area (Å²) in [5.74, 6) is -2.97. The molecule has 2 heterocycles. The quantitative estimate of drug-likeness (QED) is 0.248. The Kier molecular flexibility index (Phi) is 6.43. The van der Waals surface area contributed by atoms with Gasteiger partial charge in [-0.25, -0.2) is 8.78 Å². The van der Waals surface area contributed by atoms with Gasteiger partial charge in [0.2, 0.25) is 5.89 Å². The zero-order valence-electron chi connectivity index (χ0n) is 21.4. The Bertz CT molecular complexity index is 1660. The highest BCUT2D eigenvalue weighted by Gasteiger charge is 2.39. The smallest absolute Gasteiger partial charge is 0.417 e. The van der Waals surface area contributed by atoms with Crippen LogP contribution in [0.4, 0.5) is 22.0 Å². The maximum Gasteiger partial charge on any atom is 0.417 e. The minimum atomic E-state index is -4.79. The van der Waals surface area contributed by atoms with Crippen LogP contribution in [0.25, 0.3) is 22.6 Å². The van der Waals surface area contributed by atoms with Gasteiger partial charge in [-0.05, 0) is 59.4 Å². The molecule has 0 unspecified atom stereocenters. The summed E-state index contributed by atoms with van der Waals surface area (Å²) < 4.78 is 89.5. The number of hydrogen-bond donors (Lipinski definition) is 1. The van der Waals surface area contributed by atoms with Crippen molar-refractivity contribution in [2.45, 2.75) is 44.4 Å². The number of rotatable bonds is 6. The van der Waals surface area contributed by atoms with E-state index in [2.05, 4.69) is 10.2 Å². The Labute approximate surface area is 229 Å². The molecule has 2 aliphatic rings. The first-order valence-electron chi connectivity index (χ1n) is 12.7. The summed E-state index contributed by atoms with van der Waals surface area (Å²) in [6.45, 7) is 1.66. The first kappa shape index (κ1) is 26.7. The van der Waals surface area contributed by atoms with Crippen LogP contribution in [0.3, 0.4) is 0 Å². The second-order valence-corrected chi connectivity index (χ2v) is 9.95. The largest absolute Gasteiger partial charge is 0.492 e. The van der Waals surface area contributed by atoms with E-state index in [1.807, 2.05) is 0 Å². The van der Waals surface area contributed by atoms with Gasteiger partial charge in [-0.15, -0.1) is 10.2 Å². The minimum Gasteiger partial charge on any atom is -0.492 e. The van der Waals surface area contributed by atoms with Gasteiger partial charge < -0.3 is 19.0 Å². The van der Waals surface area contributed by atoms with Crippen molar-refractivity contribution in [1.29, 1.82) is 0 Å². The lowest BCUT2D eigenvalue weighted by Gasteiger charge is -2.20. The van der Waals surface area contributed by atoms with Crippen LogP contribution in [-0.2, 0) is 17.4 Å². The number of aryl methyl sites for hydroxylation is 1. The van der Waals surface area contributed by atoms with Crippen molar-refractivity contribution in [3.8, 4) is 34.1 Å². The standard InChI is InChI=1S/C29H21F5N2O5/c1-13-35-36-28(40-13)27-21(30)8-14(9-22(27)31)26-19-5-7-23(18(19)4-6-20(26)29(32,33)34)41-16-2-3-17-15(10-25(37)38)12-39-24(17)11-16/h2-4,6,8-9,11,15,23H,5,7,10,12H2,1H3,(H,37,38)/t15-,23-/m1/s1. The highest BCUT2D eigenvalue weighted by atomic mass is 19.4. The maximum atomic E-state index is 15.1. The Morgan fingerprint density at radius 2 is 1.78 bits per heavy atom. The lowest BCUT2D eigenvalue weighted by molar-refractivity contribution is -0.138. The topological polar surface area (TPSA) is 94.7 Å². The number of hydrogen-bond acceptors (Lipinski definition) is 6. The number of aromatic nitrogens is 2. The molecule has 0 saturated heterocycles. The van der Waals surface area contributed by atoms with Gasteiger partial charge in [0.15, 0.2) is 0 Å². The molecule has 41 heavy (non-hydrogen) atoms. The van der Waals surface area contributed by atoms with Crippen LogP contribution in [-0.4, -0.2) is 27.9 Å². The normalized spacial score (nSPS) is 17.7. The van der Waals surface area contributed by atoms with Crippen LogP contribution in [0.15, 0.2) is 46.9 Å². The predicted molar refractivity (Wildman–Crippen MR) is 133 cm³/mol. The van der Waals surface area contributed by atoms with E-state index in [1.54, 1.807) is 18.2 Å². The second kappa shape index (κ2) is 9.86. The van der Waals surface area contributed by atoms with Crippen molar-refractivity contribution >= 4 is 5.97 Å². The van der Waals surface area contributed by atoms with Gasteiger partial charge in [0.1, 0.15) is 34.8 Å². The van der Waals surface area contributed by atoms with E-state index in [0.717, 1.165) is 23.8 Å². The number of carboxylic acids is 1. The number of benzene rings is 3. The van der Waals surface area contributed by atoms with Gasteiger partial charge in [0.25, 0.3) is 5.89 Å². The van der Waals surface area contributed by atoms with Gasteiger partial charge in [-0.3, -0.25) is 4.79 Å². The molecule has 0 spiro atoms. The average molecular weight is 572 g/mol. The number of halogens is 5. The molecule has 1 aliphatic carbocycles. The Morgan fingerprint density at radius 3 is 2.44 bits per heavy atom. The SMILES string of the molecule is Cc1nnc(-c2c(F)cc(-c3c(C(F)(F)F)ccc4c3CC[C@H]4Oc3ccc4c(c3)OC[C@H]4CC(=O)O)cc2F)o1. The van der Waals surface area contributed by atoms with Crippen LogP contribution in [0.1, 0.15) is 53.0 Å². The number of carbonyl (C=O) groups is 1. The molecular formula is C29H21F5N2O5. The molecule has 6 rings (SSSR count). The molecule has 7 nitrogen and oxygen atoms in total. The number of alkyl halides is 3. The van der Waals surface area contributed by atoms with Crippen molar-refractivity contribution in [3.05, 3.63) is 82.2 Å². The van der Waals surface area contributed by atoms with Crippen molar-refractivity contribution in [2.75, 3.05) is 6.61 Å². The fourth-order valence-electron chi connectivity index (χ4n) is 5.55. The summed E-state index contributed by atoms with van der Waals surface area (Å²) in [5.41, 5.74) is -0.749. The molecule has 4 aromatic rings. The summed E-state index contributed by atoms with van der Waals surface area (Å²) in [4.78, 5) is 11.1. The lowest BCUT2D eigenvalue weighted by atomic mass is 9.90. The molecular weight excluding hydrogens is 551 g/mol. The molecule has 212 valence electrons. The zero-order valence-corrected chi connectivity index (χ0v) is 21.4. The molecule has 1 aromatic heterocycles. The van der Waals surface area contributed by atoms with Crippen molar-refractivity contribution < 1.29 is 45.7 Å². The van der Waals surface area contributed by atoms with E-state index >= 15 is 8.78 Å². The summed E-state index contributed by atoms with van der Waals surface area (Å²) in [6, 6.07) is 8.90. The molecule has 1 N–H and O–H groups in total. The molecule has 0 bridgehead atoms. The van der Waals surface area contributed by atoms with E-state index in [0.29, 0.717) is 23.5 Å². The monoisotopic (exact) mass is 572 g/mol. The Hall–Kier alpha value is -4.48. The van der Waals surface area contributed by atoms with Crippen LogP contribution < -0.4 is 9.47 Å². The van der Waals surface area contributed by atoms with E-state index in [4.69, 9.17) is 19.0 Å². The van der Waals surface area contributed by atoms with Gasteiger partial charge >= 0.3 is 12.1 Å². The molecule has 0 saturated carbocycles. The number of ether oxygens (including phenoxy) is 2. The fourth-order valence-corrected chi connectivity index (χ4v) is 5.55. The van der Waals surface area contributed by atoms with Gasteiger partial charge in [-0.2, -0.15) is 13.2 Å². The van der Waals surface area contributed by atoms with Crippen LogP contribution in [0.5, 0.6) is 11.5 Å². The van der Waals surface area contributed by atoms with Crippen molar-refractivity contribution in [2.24, 2.45) is 0 Å². The molecule has 2 atom stereocenters. The third-order valence-corrected chi connectivity index (χ3v) is 7.29. The van der Waals surface area contributed by atoms with Crippen LogP contribution in [0, 0.1) is 18.6 Å². The minimum absolute atomic E-state index is 0.0733. The predicted octanol–water partition coefficient (Wildman–Crippen LogP) is 7.03. The van der Waals surface area contributed by atoms with Gasteiger partial charge in [0, 0.05) is 24.5 Å². The van der Waals surface area contributed by atoms with Crippen LogP contribution in [0.2, 0.25) is 0 Å². The number of nitrogens with zero attached hydrogens (tertiary/aromatic N) is 2. The molecule has 12 heteroatoms. The summed E-state index contributed by atoms with van der Waals surface area (Å²) in [5, 5.41) is 16.3. The van der Waals surface area contributed by atoms with E-state index in [1.165, 1.54) is 13.0 Å². The first-order valence-corrected chi connectivity index (χ1v) is 12.7. The fraction of sp³-hybridized carbons (Fsp3) is 0.276. The summed E-state index contributed by atoms with van der Waals surface area (Å²) >= 11 is 0.